The fourth-order valence-corrected chi connectivity index (χ4v) is 4.74. The molecule has 4 unspecified atom stereocenters. The van der Waals surface area contributed by atoms with Gasteiger partial charge in [-0.05, 0) is 63.0 Å². The van der Waals surface area contributed by atoms with Crippen molar-refractivity contribution in [3.05, 3.63) is 70.8 Å². The lowest BCUT2D eigenvalue weighted by Crippen LogP contribution is -2.26. The number of unbranched alkanes of at least 4 members (excludes halogenated alkanes) is 4. The van der Waals surface area contributed by atoms with Crippen LogP contribution in [0.1, 0.15) is 120 Å². The van der Waals surface area contributed by atoms with Crippen LogP contribution in [0.5, 0.6) is 0 Å². The van der Waals surface area contributed by atoms with E-state index < -0.39 is 0 Å². The summed E-state index contributed by atoms with van der Waals surface area (Å²) in [4.78, 5) is 0. The molecule has 4 nitrogen and oxygen atoms in total. The van der Waals surface area contributed by atoms with Crippen molar-refractivity contribution in [2.24, 2.45) is 0 Å². The van der Waals surface area contributed by atoms with Gasteiger partial charge in [0.25, 0.3) is 0 Å². The number of rotatable bonds is 11. The van der Waals surface area contributed by atoms with Crippen LogP contribution in [0, 0.1) is 0 Å². The highest BCUT2D eigenvalue weighted by molar-refractivity contribution is 5.24. The normalized spacial score (nSPS) is 23.8. The smallest absolute Gasteiger partial charge is 0.184 e. The maximum Gasteiger partial charge on any atom is 0.184 e. The van der Waals surface area contributed by atoms with Gasteiger partial charge < -0.3 is 18.9 Å². The topological polar surface area (TPSA) is 36.9 Å². The van der Waals surface area contributed by atoms with Crippen LogP contribution in [0.3, 0.4) is 0 Å². The third-order valence-electron chi connectivity index (χ3n) is 7.27. The van der Waals surface area contributed by atoms with Gasteiger partial charge in [0.1, 0.15) is 0 Å². The van der Waals surface area contributed by atoms with Gasteiger partial charge in [0, 0.05) is 11.1 Å². The fourth-order valence-electron chi connectivity index (χ4n) is 4.74. The first-order chi connectivity index (χ1) is 18.1. The van der Waals surface area contributed by atoms with Crippen molar-refractivity contribution >= 4 is 0 Å². The van der Waals surface area contributed by atoms with Crippen LogP contribution in [0.4, 0.5) is 0 Å². The summed E-state index contributed by atoms with van der Waals surface area (Å²) in [7, 11) is 0. The number of hydrogen-bond acceptors (Lipinski definition) is 4. The molecule has 2 aliphatic rings. The first-order valence-corrected chi connectivity index (χ1v) is 14.8. The average molecular weight is 511 g/mol. The Morgan fingerprint density at radius 2 is 1.11 bits per heavy atom. The molecule has 2 aromatic carbocycles. The molecule has 2 heterocycles. The van der Waals surface area contributed by atoms with E-state index in [2.05, 4.69) is 76.2 Å². The molecule has 4 atom stereocenters. The van der Waals surface area contributed by atoms with Gasteiger partial charge >= 0.3 is 0 Å². The highest BCUT2D eigenvalue weighted by Crippen LogP contribution is 2.28. The maximum absolute atomic E-state index is 5.94. The highest BCUT2D eigenvalue weighted by Gasteiger charge is 2.23. The van der Waals surface area contributed by atoms with E-state index >= 15 is 0 Å². The molecule has 2 saturated heterocycles. The van der Waals surface area contributed by atoms with Crippen LogP contribution in [0.25, 0.3) is 0 Å². The number of hydrogen-bond donors (Lipinski definition) is 0. The molecule has 4 rings (SSSR count). The molecule has 0 N–H and O–H groups in total. The summed E-state index contributed by atoms with van der Waals surface area (Å²) in [6, 6.07) is 17.4. The third kappa shape index (κ3) is 10.5. The van der Waals surface area contributed by atoms with Gasteiger partial charge in [0.15, 0.2) is 12.6 Å². The van der Waals surface area contributed by atoms with Gasteiger partial charge in [-0.2, -0.15) is 0 Å². The average Bonchev–Trinajstić information content (AvgIpc) is 2.94. The van der Waals surface area contributed by atoms with Gasteiger partial charge in [-0.25, -0.2) is 0 Å². The molecule has 2 aliphatic heterocycles. The van der Waals surface area contributed by atoms with Gasteiger partial charge in [0.2, 0.25) is 0 Å². The molecular weight excluding hydrogens is 460 g/mol. The molecule has 2 aromatic rings. The van der Waals surface area contributed by atoms with Crippen molar-refractivity contribution in [1.82, 2.24) is 0 Å². The Morgan fingerprint density at radius 1 is 0.622 bits per heavy atom. The van der Waals surface area contributed by atoms with Crippen molar-refractivity contribution < 1.29 is 18.9 Å². The van der Waals surface area contributed by atoms with E-state index in [-0.39, 0.29) is 12.6 Å². The molecular formula is C33H50O4. The van der Waals surface area contributed by atoms with Crippen molar-refractivity contribution in [1.29, 1.82) is 0 Å². The minimum atomic E-state index is -0.168. The SMILES string of the molecule is CCCCCc1ccc(C2OCCC(C)O2)cc1.CCCCCc1ccc(C2OCCC(CC)O2)cc1. The second kappa shape index (κ2) is 17.0. The molecule has 0 aliphatic carbocycles. The van der Waals surface area contributed by atoms with Crippen LogP contribution in [-0.2, 0) is 31.8 Å². The van der Waals surface area contributed by atoms with Crippen molar-refractivity contribution in [2.75, 3.05) is 13.2 Å². The lowest BCUT2D eigenvalue weighted by atomic mass is 10.0. The Labute approximate surface area is 226 Å². The number of benzene rings is 2. The van der Waals surface area contributed by atoms with Crippen LogP contribution < -0.4 is 0 Å². The Bertz CT molecular complexity index is 848. The summed E-state index contributed by atoms with van der Waals surface area (Å²) in [5.41, 5.74) is 5.12. The monoisotopic (exact) mass is 510 g/mol. The predicted molar refractivity (Wildman–Crippen MR) is 152 cm³/mol. The summed E-state index contributed by atoms with van der Waals surface area (Å²) in [5.74, 6) is 0. The van der Waals surface area contributed by atoms with Gasteiger partial charge in [-0.1, -0.05) is 95.0 Å². The van der Waals surface area contributed by atoms with Gasteiger partial charge in [0.05, 0.1) is 25.4 Å². The van der Waals surface area contributed by atoms with Crippen molar-refractivity contribution in [3.8, 4) is 0 Å². The van der Waals surface area contributed by atoms with E-state index in [1.54, 1.807) is 0 Å². The zero-order valence-corrected chi connectivity index (χ0v) is 23.8. The quantitative estimate of drug-likeness (QED) is 0.283. The maximum atomic E-state index is 5.94. The van der Waals surface area contributed by atoms with E-state index in [1.807, 2.05) is 0 Å². The first-order valence-electron chi connectivity index (χ1n) is 14.8. The fraction of sp³-hybridized carbons (Fsp3) is 0.636. The summed E-state index contributed by atoms with van der Waals surface area (Å²) in [5, 5.41) is 0. The molecule has 206 valence electrons. The van der Waals surface area contributed by atoms with Crippen LogP contribution in [0.2, 0.25) is 0 Å². The Hall–Kier alpha value is -1.72. The first kappa shape index (κ1) is 29.8. The number of ether oxygens (including phenoxy) is 4. The molecule has 4 heteroatoms. The molecule has 37 heavy (non-hydrogen) atoms. The molecule has 0 aromatic heterocycles. The molecule has 2 fully saturated rings. The van der Waals surface area contributed by atoms with E-state index in [9.17, 15) is 0 Å². The molecule has 0 radical (unpaired) electrons. The molecule has 0 bridgehead atoms. The molecule has 0 saturated carbocycles. The third-order valence-corrected chi connectivity index (χ3v) is 7.27. The standard InChI is InChI=1S/C17H26O2.C16H24O2/c1-3-5-6-7-14-8-10-15(11-9-14)17-18-13-12-16(4-2)19-17;1-3-4-5-6-14-7-9-15(10-8-14)16-17-12-11-13(2)18-16/h8-11,16-17H,3-7,12-13H2,1-2H3;7-10,13,16H,3-6,11-12H2,1-2H3. The van der Waals surface area contributed by atoms with E-state index in [0.29, 0.717) is 12.2 Å². The largest absolute Gasteiger partial charge is 0.348 e. The minimum absolute atomic E-state index is 0.164. The zero-order chi connectivity index (χ0) is 26.3. The van der Waals surface area contributed by atoms with Crippen molar-refractivity contribution in [2.45, 2.75) is 123 Å². The lowest BCUT2D eigenvalue weighted by molar-refractivity contribution is -0.217. The van der Waals surface area contributed by atoms with Crippen LogP contribution in [0.15, 0.2) is 48.5 Å². The van der Waals surface area contributed by atoms with Gasteiger partial charge in [-0.3, -0.25) is 0 Å². The summed E-state index contributed by atoms with van der Waals surface area (Å²) in [6.07, 6.45) is 13.5. The Balaban J connectivity index is 0.000000206. The van der Waals surface area contributed by atoms with Crippen molar-refractivity contribution in [3.63, 3.8) is 0 Å². The summed E-state index contributed by atoms with van der Waals surface area (Å²) >= 11 is 0. The van der Waals surface area contributed by atoms with E-state index in [4.69, 9.17) is 18.9 Å². The highest BCUT2D eigenvalue weighted by atomic mass is 16.7. The van der Waals surface area contributed by atoms with Crippen LogP contribution in [-0.4, -0.2) is 25.4 Å². The Morgan fingerprint density at radius 3 is 1.57 bits per heavy atom. The van der Waals surface area contributed by atoms with E-state index in [1.165, 1.54) is 62.5 Å². The Kier molecular flexibility index (Phi) is 13.7. The second-order valence-electron chi connectivity index (χ2n) is 10.5. The van der Waals surface area contributed by atoms with Crippen LogP contribution >= 0.6 is 0 Å². The molecule has 0 spiro atoms. The summed E-state index contributed by atoms with van der Waals surface area (Å²) < 4.78 is 23.1. The van der Waals surface area contributed by atoms with E-state index in [0.717, 1.165) is 43.6 Å². The minimum Gasteiger partial charge on any atom is -0.348 e. The zero-order valence-electron chi connectivity index (χ0n) is 23.8. The number of aryl methyl sites for hydroxylation is 2. The predicted octanol–water partition coefficient (Wildman–Crippen LogP) is 8.88. The molecule has 0 amide bonds. The summed E-state index contributed by atoms with van der Waals surface area (Å²) in [6.45, 7) is 10.4. The second-order valence-corrected chi connectivity index (χ2v) is 10.5. The lowest BCUT2D eigenvalue weighted by Gasteiger charge is -2.30. The van der Waals surface area contributed by atoms with Gasteiger partial charge in [-0.15, -0.1) is 0 Å².